The molecule has 0 saturated heterocycles. The van der Waals surface area contributed by atoms with Gasteiger partial charge in [-0.3, -0.25) is 13.9 Å². The van der Waals surface area contributed by atoms with Crippen LogP contribution in [0.5, 0.6) is 5.75 Å². The maximum Gasteiger partial charge on any atom is 0.264 e. The number of nitrogens with zero attached hydrogens (tertiary/aromatic N) is 2. The van der Waals surface area contributed by atoms with Crippen molar-refractivity contribution < 1.29 is 22.7 Å². The van der Waals surface area contributed by atoms with Crippen LogP contribution in [-0.4, -0.2) is 51.4 Å². The minimum Gasteiger partial charge on any atom is -0.497 e. The highest BCUT2D eigenvalue weighted by molar-refractivity contribution is 7.92. The minimum atomic E-state index is -4.09. The monoisotopic (exact) mass is 565 g/mol. The third-order valence-corrected chi connectivity index (χ3v) is 8.28. The van der Waals surface area contributed by atoms with Crippen LogP contribution in [0, 0.1) is 12.8 Å². The molecule has 1 atom stereocenters. The molecule has 3 rings (SSSR count). The summed E-state index contributed by atoms with van der Waals surface area (Å²) in [5.74, 6) is 0.0851. The minimum absolute atomic E-state index is 0.0736. The van der Waals surface area contributed by atoms with E-state index in [0.717, 1.165) is 15.4 Å². The van der Waals surface area contributed by atoms with Crippen molar-refractivity contribution in [3.05, 3.63) is 90.0 Å². The lowest BCUT2D eigenvalue weighted by Gasteiger charge is -2.33. The number of carbonyl (C=O) groups is 2. The van der Waals surface area contributed by atoms with Crippen molar-refractivity contribution in [2.24, 2.45) is 5.92 Å². The molecule has 3 aromatic carbocycles. The molecule has 0 fully saturated rings. The molecule has 8 nitrogen and oxygen atoms in total. The van der Waals surface area contributed by atoms with E-state index in [0.29, 0.717) is 24.4 Å². The Morgan fingerprint density at radius 1 is 0.950 bits per heavy atom. The van der Waals surface area contributed by atoms with E-state index in [4.69, 9.17) is 4.74 Å². The van der Waals surface area contributed by atoms with Crippen LogP contribution in [0.4, 0.5) is 5.69 Å². The first-order chi connectivity index (χ1) is 19.1. The lowest BCUT2D eigenvalue weighted by molar-refractivity contribution is -0.140. The Kier molecular flexibility index (Phi) is 10.7. The molecule has 9 heteroatoms. The Morgan fingerprint density at radius 2 is 1.62 bits per heavy atom. The lowest BCUT2D eigenvalue weighted by Crippen LogP contribution is -2.52. The number of rotatable bonds is 13. The van der Waals surface area contributed by atoms with E-state index < -0.39 is 28.5 Å². The van der Waals surface area contributed by atoms with Gasteiger partial charge in [0.15, 0.2) is 0 Å². The van der Waals surface area contributed by atoms with Gasteiger partial charge in [-0.15, -0.1) is 0 Å². The Labute approximate surface area is 238 Å². The van der Waals surface area contributed by atoms with Gasteiger partial charge in [0.25, 0.3) is 10.0 Å². The van der Waals surface area contributed by atoms with E-state index in [-0.39, 0.29) is 23.3 Å². The average molecular weight is 566 g/mol. The Hall–Kier alpha value is -3.85. The van der Waals surface area contributed by atoms with Gasteiger partial charge in [0, 0.05) is 13.1 Å². The van der Waals surface area contributed by atoms with Crippen molar-refractivity contribution in [1.82, 2.24) is 10.2 Å². The van der Waals surface area contributed by atoms with Crippen molar-refractivity contribution >= 4 is 27.5 Å². The third kappa shape index (κ3) is 7.85. The molecule has 0 aliphatic rings. The molecule has 1 N–H and O–H groups in total. The van der Waals surface area contributed by atoms with Gasteiger partial charge in [0.2, 0.25) is 11.8 Å². The highest BCUT2D eigenvalue weighted by Gasteiger charge is 2.33. The summed E-state index contributed by atoms with van der Waals surface area (Å²) in [6, 6.07) is 21.5. The second-order valence-corrected chi connectivity index (χ2v) is 12.0. The maximum atomic E-state index is 14.1. The summed E-state index contributed by atoms with van der Waals surface area (Å²) in [7, 11) is -2.53. The average Bonchev–Trinajstić information content (AvgIpc) is 2.95. The summed E-state index contributed by atoms with van der Waals surface area (Å²) in [4.78, 5) is 28.9. The summed E-state index contributed by atoms with van der Waals surface area (Å²) < 4.78 is 34.1. The summed E-state index contributed by atoms with van der Waals surface area (Å²) in [6.07, 6.45) is 0.357. The first-order valence-corrected chi connectivity index (χ1v) is 14.8. The fourth-order valence-corrected chi connectivity index (χ4v) is 5.70. The number of anilines is 1. The second kappa shape index (κ2) is 14.0. The van der Waals surface area contributed by atoms with Crippen LogP contribution in [0.2, 0.25) is 0 Å². The van der Waals surface area contributed by atoms with E-state index in [1.807, 2.05) is 39.8 Å². The second-order valence-electron chi connectivity index (χ2n) is 10.1. The van der Waals surface area contributed by atoms with Crippen molar-refractivity contribution in [3.63, 3.8) is 0 Å². The highest BCUT2D eigenvalue weighted by Crippen LogP contribution is 2.25. The number of amides is 2. The third-order valence-electron chi connectivity index (χ3n) is 6.49. The predicted octanol–water partition coefficient (Wildman–Crippen LogP) is 4.78. The van der Waals surface area contributed by atoms with Crippen LogP contribution in [0.15, 0.2) is 83.8 Å². The quantitative estimate of drug-likeness (QED) is 0.322. The predicted molar refractivity (Wildman–Crippen MR) is 158 cm³/mol. The van der Waals surface area contributed by atoms with Gasteiger partial charge in [0.05, 0.1) is 17.7 Å². The molecule has 0 aliphatic carbocycles. The van der Waals surface area contributed by atoms with Crippen molar-refractivity contribution in [3.8, 4) is 5.75 Å². The number of sulfonamides is 1. The van der Waals surface area contributed by atoms with E-state index in [1.165, 1.54) is 17.0 Å². The molecule has 214 valence electrons. The normalized spacial score (nSPS) is 12.1. The van der Waals surface area contributed by atoms with Crippen LogP contribution in [0.25, 0.3) is 0 Å². The molecule has 0 spiro atoms. The summed E-state index contributed by atoms with van der Waals surface area (Å²) in [5.41, 5.74) is 2.08. The number of hydrogen-bond donors (Lipinski definition) is 1. The van der Waals surface area contributed by atoms with E-state index in [2.05, 4.69) is 5.32 Å². The van der Waals surface area contributed by atoms with Gasteiger partial charge in [-0.2, -0.15) is 0 Å². The van der Waals surface area contributed by atoms with Gasteiger partial charge in [-0.05, 0) is 61.2 Å². The maximum absolute atomic E-state index is 14.1. The molecule has 0 saturated carbocycles. The van der Waals surface area contributed by atoms with Crippen LogP contribution in [0.1, 0.15) is 38.3 Å². The number of carbonyl (C=O) groups excluding carboxylic acids is 2. The number of methoxy groups -OCH3 is 1. The van der Waals surface area contributed by atoms with Gasteiger partial charge in [-0.1, -0.05) is 68.8 Å². The van der Waals surface area contributed by atoms with Crippen molar-refractivity contribution in [1.29, 1.82) is 0 Å². The molecule has 0 bridgehead atoms. The molecule has 0 radical (unpaired) electrons. The van der Waals surface area contributed by atoms with Gasteiger partial charge < -0.3 is 15.0 Å². The van der Waals surface area contributed by atoms with Crippen LogP contribution >= 0.6 is 0 Å². The highest BCUT2D eigenvalue weighted by atomic mass is 32.2. The zero-order chi connectivity index (χ0) is 29.3. The Balaban J connectivity index is 2.04. The van der Waals surface area contributed by atoms with Gasteiger partial charge in [-0.25, -0.2) is 8.42 Å². The van der Waals surface area contributed by atoms with Gasteiger partial charge >= 0.3 is 0 Å². The SMILES string of the molecule is CCC(C(=O)NCC(C)C)N(Cc1cccc(OC)c1)C(=O)CN(c1ccc(C)cc1)S(=O)(=O)c1ccccc1. The van der Waals surface area contributed by atoms with Crippen LogP contribution in [0.3, 0.4) is 0 Å². The molecule has 2 amide bonds. The topological polar surface area (TPSA) is 96.0 Å². The fourth-order valence-electron chi connectivity index (χ4n) is 4.27. The molecule has 40 heavy (non-hydrogen) atoms. The Morgan fingerprint density at radius 3 is 2.23 bits per heavy atom. The summed E-state index contributed by atoms with van der Waals surface area (Å²) in [6.45, 7) is 7.83. The molecular formula is C31H39N3O5S. The molecule has 3 aromatic rings. The van der Waals surface area contributed by atoms with Crippen molar-refractivity contribution in [2.75, 3.05) is 24.5 Å². The number of ether oxygens (including phenoxy) is 1. The first-order valence-electron chi connectivity index (χ1n) is 13.4. The zero-order valence-electron chi connectivity index (χ0n) is 23.8. The number of benzene rings is 3. The fraction of sp³-hybridized carbons (Fsp3) is 0.355. The van der Waals surface area contributed by atoms with Gasteiger partial charge in [0.1, 0.15) is 18.3 Å². The lowest BCUT2D eigenvalue weighted by atomic mass is 10.1. The van der Waals surface area contributed by atoms with Crippen LogP contribution in [-0.2, 0) is 26.2 Å². The standard InChI is InChI=1S/C31H39N3O5S/c1-6-29(31(36)32-20-23(2)3)33(21-25-11-10-12-27(19-25)39-5)30(35)22-34(26-17-15-24(4)16-18-26)40(37,38)28-13-8-7-9-14-28/h7-19,23,29H,6,20-22H2,1-5H3,(H,32,36). The number of hydrogen-bond acceptors (Lipinski definition) is 5. The van der Waals surface area contributed by atoms with Crippen LogP contribution < -0.4 is 14.4 Å². The zero-order valence-corrected chi connectivity index (χ0v) is 24.6. The van der Waals surface area contributed by atoms with Crippen molar-refractivity contribution in [2.45, 2.75) is 51.6 Å². The largest absolute Gasteiger partial charge is 0.497 e. The molecule has 0 aliphatic heterocycles. The van der Waals surface area contributed by atoms with E-state index >= 15 is 0 Å². The summed E-state index contributed by atoms with van der Waals surface area (Å²) >= 11 is 0. The Bertz CT molecular complexity index is 1380. The van der Waals surface area contributed by atoms with E-state index in [9.17, 15) is 18.0 Å². The molecule has 0 heterocycles. The molecular weight excluding hydrogens is 526 g/mol. The first kappa shape index (κ1) is 30.7. The number of aryl methyl sites for hydroxylation is 1. The molecule has 1 unspecified atom stereocenters. The van der Waals surface area contributed by atoms with E-state index in [1.54, 1.807) is 61.7 Å². The smallest absolute Gasteiger partial charge is 0.264 e. The summed E-state index contributed by atoms with van der Waals surface area (Å²) in [5, 5.41) is 2.93. The number of nitrogens with one attached hydrogen (secondary N) is 1. The molecule has 0 aromatic heterocycles.